The van der Waals surface area contributed by atoms with E-state index < -0.39 is 6.10 Å². The van der Waals surface area contributed by atoms with Gasteiger partial charge in [-0.3, -0.25) is 0 Å². The minimum atomic E-state index is -0.468. The van der Waals surface area contributed by atoms with Crippen LogP contribution in [0.5, 0.6) is 5.75 Å². The van der Waals surface area contributed by atoms with Gasteiger partial charge >= 0.3 is 0 Å². The molecular formula is C18H23NO2. The van der Waals surface area contributed by atoms with Crippen molar-refractivity contribution in [1.82, 2.24) is 5.32 Å². The molecule has 0 unspecified atom stereocenters. The highest BCUT2D eigenvalue weighted by atomic mass is 16.5. The summed E-state index contributed by atoms with van der Waals surface area (Å²) in [5, 5.41) is 13.5. The van der Waals surface area contributed by atoms with Crippen LogP contribution in [0, 0.1) is 0 Å². The van der Waals surface area contributed by atoms with Crippen molar-refractivity contribution >= 4 is 0 Å². The van der Waals surface area contributed by atoms with Crippen LogP contribution in [-0.4, -0.2) is 24.8 Å². The third-order valence-electron chi connectivity index (χ3n) is 3.54. The normalized spacial score (nSPS) is 13.7. The Morgan fingerprint density at radius 1 is 1.05 bits per heavy atom. The van der Waals surface area contributed by atoms with E-state index in [0.29, 0.717) is 12.6 Å². The van der Waals surface area contributed by atoms with Crippen molar-refractivity contribution in [2.75, 3.05) is 13.7 Å². The second kappa shape index (κ2) is 7.81. The molecule has 0 radical (unpaired) electrons. The molecule has 21 heavy (non-hydrogen) atoms. The van der Waals surface area contributed by atoms with Crippen LogP contribution < -0.4 is 10.1 Å². The van der Waals surface area contributed by atoms with Crippen molar-refractivity contribution in [3.8, 4) is 5.75 Å². The van der Waals surface area contributed by atoms with Gasteiger partial charge in [0.15, 0.2) is 0 Å². The number of hydrogen-bond acceptors (Lipinski definition) is 3. The van der Waals surface area contributed by atoms with Gasteiger partial charge in [0, 0.05) is 12.6 Å². The summed E-state index contributed by atoms with van der Waals surface area (Å²) in [5.41, 5.74) is 2.20. The Morgan fingerprint density at radius 3 is 2.33 bits per heavy atom. The highest BCUT2D eigenvalue weighted by Gasteiger charge is 2.09. The summed E-state index contributed by atoms with van der Waals surface area (Å²) in [4.78, 5) is 0. The van der Waals surface area contributed by atoms with Gasteiger partial charge in [0.05, 0.1) is 13.2 Å². The van der Waals surface area contributed by atoms with E-state index in [2.05, 4.69) is 24.4 Å². The largest absolute Gasteiger partial charge is 0.497 e. The van der Waals surface area contributed by atoms with Crippen molar-refractivity contribution in [2.45, 2.75) is 25.5 Å². The zero-order valence-electron chi connectivity index (χ0n) is 12.6. The van der Waals surface area contributed by atoms with Crippen molar-refractivity contribution in [3.05, 3.63) is 65.7 Å². The van der Waals surface area contributed by atoms with Crippen molar-refractivity contribution in [3.63, 3.8) is 0 Å². The number of hydrogen-bond donors (Lipinski definition) is 2. The predicted octanol–water partition coefficient (Wildman–Crippen LogP) is 2.95. The van der Waals surface area contributed by atoms with E-state index in [0.717, 1.165) is 17.7 Å². The maximum absolute atomic E-state index is 10.1. The smallest absolute Gasteiger partial charge is 0.118 e. The van der Waals surface area contributed by atoms with Gasteiger partial charge in [-0.05, 0) is 36.6 Å². The average Bonchev–Trinajstić information content (AvgIpc) is 2.54. The van der Waals surface area contributed by atoms with Gasteiger partial charge in [-0.15, -0.1) is 0 Å². The third kappa shape index (κ3) is 4.88. The van der Waals surface area contributed by atoms with Crippen LogP contribution in [0.15, 0.2) is 54.6 Å². The summed E-state index contributed by atoms with van der Waals surface area (Å²) in [7, 11) is 1.67. The predicted molar refractivity (Wildman–Crippen MR) is 85.6 cm³/mol. The Balaban J connectivity index is 1.80. The minimum Gasteiger partial charge on any atom is -0.497 e. The molecule has 2 rings (SSSR count). The quantitative estimate of drug-likeness (QED) is 0.822. The summed E-state index contributed by atoms with van der Waals surface area (Å²) in [6.45, 7) is 2.68. The first-order valence-electron chi connectivity index (χ1n) is 7.28. The van der Waals surface area contributed by atoms with Crippen LogP contribution in [0.1, 0.15) is 24.2 Å². The van der Waals surface area contributed by atoms with Gasteiger partial charge < -0.3 is 15.2 Å². The highest BCUT2D eigenvalue weighted by molar-refractivity contribution is 5.27. The summed E-state index contributed by atoms with van der Waals surface area (Å²) >= 11 is 0. The fraction of sp³-hybridized carbons (Fsp3) is 0.333. The van der Waals surface area contributed by atoms with Crippen LogP contribution in [-0.2, 0) is 6.42 Å². The number of aliphatic hydroxyl groups excluding tert-OH is 1. The average molecular weight is 285 g/mol. The molecule has 0 aliphatic heterocycles. The maximum Gasteiger partial charge on any atom is 0.118 e. The number of methoxy groups -OCH3 is 1. The lowest BCUT2D eigenvalue weighted by atomic mass is 10.1. The maximum atomic E-state index is 10.1. The number of nitrogens with one attached hydrogen (secondary N) is 1. The molecule has 0 aliphatic rings. The Bertz CT molecular complexity index is 525. The fourth-order valence-corrected chi connectivity index (χ4v) is 2.29. The molecule has 0 bridgehead atoms. The molecule has 2 aromatic carbocycles. The zero-order valence-corrected chi connectivity index (χ0v) is 12.6. The Hall–Kier alpha value is -1.84. The van der Waals surface area contributed by atoms with Gasteiger partial charge in [0.25, 0.3) is 0 Å². The first-order chi connectivity index (χ1) is 10.2. The van der Waals surface area contributed by atoms with E-state index in [1.54, 1.807) is 7.11 Å². The minimum absolute atomic E-state index is 0.303. The van der Waals surface area contributed by atoms with E-state index in [-0.39, 0.29) is 0 Å². The molecule has 0 aromatic heterocycles. The van der Waals surface area contributed by atoms with E-state index >= 15 is 0 Å². The van der Waals surface area contributed by atoms with E-state index in [1.807, 2.05) is 42.5 Å². The molecule has 3 heteroatoms. The second-order valence-electron chi connectivity index (χ2n) is 5.29. The van der Waals surface area contributed by atoms with Gasteiger partial charge in [0.2, 0.25) is 0 Å². The lowest BCUT2D eigenvalue weighted by Gasteiger charge is -2.17. The number of benzene rings is 2. The number of aliphatic hydroxyl groups is 1. The molecule has 0 heterocycles. The molecule has 2 aromatic rings. The summed E-state index contributed by atoms with van der Waals surface area (Å²) in [6, 6.07) is 18.1. The number of ether oxygens (including phenoxy) is 1. The molecule has 0 spiro atoms. The molecular weight excluding hydrogens is 262 g/mol. The molecule has 0 fully saturated rings. The third-order valence-corrected chi connectivity index (χ3v) is 3.54. The lowest BCUT2D eigenvalue weighted by Crippen LogP contribution is -2.32. The second-order valence-corrected chi connectivity index (χ2v) is 5.29. The first-order valence-corrected chi connectivity index (χ1v) is 7.28. The molecule has 2 N–H and O–H groups in total. The molecule has 0 aliphatic carbocycles. The Kier molecular flexibility index (Phi) is 5.78. The molecule has 0 saturated carbocycles. The molecule has 112 valence electrons. The topological polar surface area (TPSA) is 41.5 Å². The molecule has 2 atom stereocenters. The summed E-state index contributed by atoms with van der Waals surface area (Å²) < 4.78 is 5.15. The van der Waals surface area contributed by atoms with Crippen LogP contribution in [0.2, 0.25) is 0 Å². The van der Waals surface area contributed by atoms with E-state index in [1.165, 1.54) is 5.56 Å². The van der Waals surface area contributed by atoms with Crippen LogP contribution in [0.25, 0.3) is 0 Å². The lowest BCUT2D eigenvalue weighted by molar-refractivity contribution is 0.170. The monoisotopic (exact) mass is 285 g/mol. The van der Waals surface area contributed by atoms with Crippen LogP contribution >= 0.6 is 0 Å². The fourth-order valence-electron chi connectivity index (χ4n) is 2.29. The van der Waals surface area contributed by atoms with Crippen molar-refractivity contribution in [2.24, 2.45) is 0 Å². The van der Waals surface area contributed by atoms with Gasteiger partial charge in [0.1, 0.15) is 5.75 Å². The molecule has 0 amide bonds. The standard InChI is InChI=1S/C18H23NO2/c1-14(12-15-8-10-17(21-2)11-9-15)19-13-18(20)16-6-4-3-5-7-16/h3-11,14,18-20H,12-13H2,1-2H3/t14-,18+/m1/s1. The SMILES string of the molecule is COc1ccc(C[C@@H](C)NC[C@H](O)c2ccccc2)cc1. The van der Waals surface area contributed by atoms with Gasteiger partial charge in [-0.2, -0.15) is 0 Å². The van der Waals surface area contributed by atoms with Gasteiger partial charge in [-0.1, -0.05) is 42.5 Å². The zero-order chi connectivity index (χ0) is 15.1. The molecule has 3 nitrogen and oxygen atoms in total. The van der Waals surface area contributed by atoms with Crippen molar-refractivity contribution in [1.29, 1.82) is 0 Å². The van der Waals surface area contributed by atoms with Gasteiger partial charge in [-0.25, -0.2) is 0 Å². The van der Waals surface area contributed by atoms with E-state index in [9.17, 15) is 5.11 Å². The van der Waals surface area contributed by atoms with Crippen LogP contribution in [0.4, 0.5) is 0 Å². The highest BCUT2D eigenvalue weighted by Crippen LogP contribution is 2.14. The number of rotatable bonds is 7. The Labute approximate surface area is 126 Å². The summed E-state index contributed by atoms with van der Waals surface area (Å²) in [5.74, 6) is 0.874. The first kappa shape index (κ1) is 15.5. The van der Waals surface area contributed by atoms with E-state index in [4.69, 9.17) is 4.74 Å². The Morgan fingerprint density at radius 2 is 1.71 bits per heavy atom. The van der Waals surface area contributed by atoms with Crippen LogP contribution in [0.3, 0.4) is 0 Å². The van der Waals surface area contributed by atoms with Crippen molar-refractivity contribution < 1.29 is 9.84 Å². The summed E-state index contributed by atoms with van der Waals surface area (Å²) in [6.07, 6.45) is 0.454. The molecule has 0 saturated heterocycles.